The van der Waals surface area contributed by atoms with Crippen LogP contribution in [0, 0.1) is 0 Å². The number of fused-ring (bicyclic) bond motifs is 1. The zero-order chi connectivity index (χ0) is 14.2. The fourth-order valence-corrected chi connectivity index (χ4v) is 2.47. The van der Waals surface area contributed by atoms with Crippen LogP contribution >= 0.6 is 11.7 Å². The van der Waals surface area contributed by atoms with Crippen LogP contribution < -0.4 is 5.56 Å². The first-order valence-electron chi connectivity index (χ1n) is 6.12. The van der Waals surface area contributed by atoms with Crippen molar-refractivity contribution in [2.75, 3.05) is 0 Å². The lowest BCUT2D eigenvalue weighted by Gasteiger charge is -1.99. The first-order chi connectivity index (χ1) is 10.3. The molecule has 0 unspecified atom stereocenters. The van der Waals surface area contributed by atoms with Gasteiger partial charge in [-0.3, -0.25) is 4.79 Å². The normalized spacial score (nSPS) is 11.0. The van der Waals surface area contributed by atoms with Gasteiger partial charge in [0, 0.05) is 11.8 Å². The monoisotopic (exact) mass is 296 g/mol. The van der Waals surface area contributed by atoms with Gasteiger partial charge < -0.3 is 9.97 Å². The highest BCUT2D eigenvalue weighted by atomic mass is 32.1. The molecule has 102 valence electrons. The van der Waals surface area contributed by atoms with Gasteiger partial charge in [-0.05, 0) is 12.1 Å². The predicted molar refractivity (Wildman–Crippen MR) is 78.8 cm³/mol. The Balaban J connectivity index is 1.82. The van der Waals surface area contributed by atoms with E-state index >= 15 is 0 Å². The second-order valence-corrected chi connectivity index (χ2v) is 4.96. The molecule has 3 aromatic heterocycles. The summed E-state index contributed by atoms with van der Waals surface area (Å²) in [7, 11) is 0. The van der Waals surface area contributed by atoms with Crippen molar-refractivity contribution >= 4 is 22.8 Å². The molecule has 0 atom stereocenters. The minimum Gasteiger partial charge on any atom is -0.337 e. The maximum Gasteiger partial charge on any atom is 0.266 e. The highest BCUT2D eigenvalue weighted by Crippen LogP contribution is 2.23. The molecule has 0 fully saturated rings. The lowest BCUT2D eigenvalue weighted by molar-refractivity contribution is 1.14. The number of aromatic nitrogens is 6. The smallest absolute Gasteiger partial charge is 0.266 e. The van der Waals surface area contributed by atoms with Gasteiger partial charge in [0.1, 0.15) is 5.69 Å². The average molecular weight is 296 g/mol. The topological polar surface area (TPSA) is 100 Å². The van der Waals surface area contributed by atoms with E-state index in [0.29, 0.717) is 11.5 Å². The minimum absolute atomic E-state index is 0.224. The molecule has 1 aromatic carbocycles. The van der Waals surface area contributed by atoms with E-state index in [4.69, 9.17) is 0 Å². The highest BCUT2D eigenvalue weighted by Gasteiger charge is 2.09. The van der Waals surface area contributed by atoms with Gasteiger partial charge >= 0.3 is 0 Å². The highest BCUT2D eigenvalue weighted by molar-refractivity contribution is 6.99. The van der Waals surface area contributed by atoms with Crippen molar-refractivity contribution in [2.45, 2.75) is 0 Å². The van der Waals surface area contributed by atoms with Crippen molar-refractivity contribution in [1.29, 1.82) is 0 Å². The van der Waals surface area contributed by atoms with Crippen molar-refractivity contribution in [3.8, 4) is 22.8 Å². The molecule has 2 N–H and O–H groups in total. The molecule has 0 amide bonds. The first kappa shape index (κ1) is 11.9. The number of benzene rings is 1. The molecule has 0 radical (unpaired) electrons. The molecule has 3 heterocycles. The Morgan fingerprint density at radius 2 is 2.10 bits per heavy atom. The van der Waals surface area contributed by atoms with Crippen LogP contribution in [-0.2, 0) is 0 Å². The van der Waals surface area contributed by atoms with Crippen LogP contribution in [0.3, 0.4) is 0 Å². The molecule has 0 bridgehead atoms. The molecule has 0 aliphatic carbocycles. The van der Waals surface area contributed by atoms with Gasteiger partial charge in [0.05, 0.1) is 40.8 Å². The van der Waals surface area contributed by atoms with Crippen LogP contribution in [0.25, 0.3) is 33.8 Å². The number of hydrogen-bond acceptors (Lipinski definition) is 6. The van der Waals surface area contributed by atoms with Gasteiger partial charge in [-0.2, -0.15) is 8.75 Å². The van der Waals surface area contributed by atoms with Crippen molar-refractivity contribution in [2.24, 2.45) is 0 Å². The summed E-state index contributed by atoms with van der Waals surface area (Å²) in [6.07, 6.45) is 4.52. The summed E-state index contributed by atoms with van der Waals surface area (Å²) in [6, 6.07) is 5.76. The lowest BCUT2D eigenvalue weighted by Crippen LogP contribution is -2.04. The van der Waals surface area contributed by atoms with Gasteiger partial charge in [0.25, 0.3) is 5.56 Å². The molecule has 0 saturated heterocycles. The molecular formula is C13H8N6OS. The number of imidazole rings is 1. The maximum absolute atomic E-state index is 11.1. The molecule has 8 heteroatoms. The Labute approximate surface area is 122 Å². The second-order valence-electron chi connectivity index (χ2n) is 4.41. The van der Waals surface area contributed by atoms with Gasteiger partial charge in [0.15, 0.2) is 5.82 Å². The quantitative estimate of drug-likeness (QED) is 0.588. The van der Waals surface area contributed by atoms with Crippen molar-refractivity contribution < 1.29 is 0 Å². The zero-order valence-corrected chi connectivity index (χ0v) is 11.4. The molecule has 0 spiro atoms. The van der Waals surface area contributed by atoms with E-state index in [1.54, 1.807) is 12.4 Å². The van der Waals surface area contributed by atoms with Gasteiger partial charge in [-0.1, -0.05) is 6.07 Å². The van der Waals surface area contributed by atoms with E-state index in [2.05, 4.69) is 28.7 Å². The summed E-state index contributed by atoms with van der Waals surface area (Å²) in [5, 5.41) is 0. The Morgan fingerprint density at radius 1 is 1.14 bits per heavy atom. The van der Waals surface area contributed by atoms with E-state index in [0.717, 1.165) is 34.0 Å². The number of nitrogens with zero attached hydrogens (tertiary/aromatic N) is 4. The third-order valence-electron chi connectivity index (χ3n) is 3.05. The summed E-state index contributed by atoms with van der Waals surface area (Å²) in [5.74, 6) is 0.685. The number of rotatable bonds is 2. The zero-order valence-electron chi connectivity index (χ0n) is 10.6. The Morgan fingerprint density at radius 3 is 2.86 bits per heavy atom. The summed E-state index contributed by atoms with van der Waals surface area (Å²) in [6.45, 7) is 0. The lowest BCUT2D eigenvalue weighted by atomic mass is 10.1. The third-order valence-corrected chi connectivity index (χ3v) is 3.53. The van der Waals surface area contributed by atoms with E-state index < -0.39 is 0 Å². The Kier molecular flexibility index (Phi) is 2.61. The Hall–Kier alpha value is -2.87. The van der Waals surface area contributed by atoms with E-state index in [1.165, 1.54) is 6.20 Å². The van der Waals surface area contributed by atoms with Crippen LogP contribution in [0.2, 0.25) is 0 Å². The van der Waals surface area contributed by atoms with Crippen molar-refractivity contribution in [3.05, 3.63) is 47.1 Å². The Bertz CT molecular complexity index is 951. The second kappa shape index (κ2) is 4.60. The SMILES string of the molecule is O=c1cnc(-c2ccc3[nH]c(-c4cnsn4)nc3c2)c[nH]1. The van der Waals surface area contributed by atoms with Crippen molar-refractivity contribution in [1.82, 2.24) is 28.7 Å². The molecular weight excluding hydrogens is 288 g/mol. The van der Waals surface area contributed by atoms with E-state index in [9.17, 15) is 4.79 Å². The summed E-state index contributed by atoms with van der Waals surface area (Å²) < 4.78 is 8.13. The maximum atomic E-state index is 11.1. The first-order valence-corrected chi connectivity index (χ1v) is 6.85. The summed E-state index contributed by atoms with van der Waals surface area (Å²) in [5.41, 5.74) is 3.79. The molecule has 21 heavy (non-hydrogen) atoms. The van der Waals surface area contributed by atoms with E-state index in [1.807, 2.05) is 18.2 Å². The molecule has 7 nitrogen and oxygen atoms in total. The van der Waals surface area contributed by atoms with Gasteiger partial charge in [-0.15, -0.1) is 0 Å². The predicted octanol–water partition coefficient (Wildman–Crippen LogP) is 1.83. The number of H-pyrrole nitrogens is 2. The number of nitrogens with one attached hydrogen (secondary N) is 2. The largest absolute Gasteiger partial charge is 0.337 e. The van der Waals surface area contributed by atoms with Crippen LogP contribution in [0.4, 0.5) is 0 Å². The van der Waals surface area contributed by atoms with Gasteiger partial charge in [-0.25, -0.2) is 9.97 Å². The average Bonchev–Trinajstić information content (AvgIpc) is 3.16. The van der Waals surface area contributed by atoms with Crippen LogP contribution in [0.5, 0.6) is 0 Å². The molecule has 0 aliphatic rings. The summed E-state index contributed by atoms with van der Waals surface area (Å²) >= 11 is 1.14. The molecule has 0 saturated carbocycles. The molecule has 0 aliphatic heterocycles. The minimum atomic E-state index is -0.224. The standard InChI is InChI=1S/C13H8N6OS/c20-12-6-14-10(4-15-12)7-1-2-8-9(3-7)18-13(17-8)11-5-16-21-19-11/h1-6H,(H,15,20)(H,17,18). The van der Waals surface area contributed by atoms with E-state index in [-0.39, 0.29) is 5.56 Å². The molecule has 4 rings (SSSR count). The fourth-order valence-electron chi connectivity index (χ4n) is 2.06. The fraction of sp³-hybridized carbons (Fsp3) is 0. The summed E-state index contributed by atoms with van der Waals surface area (Å²) in [4.78, 5) is 25.5. The van der Waals surface area contributed by atoms with Crippen LogP contribution in [0.15, 0.2) is 41.6 Å². The van der Waals surface area contributed by atoms with Gasteiger partial charge in [0.2, 0.25) is 0 Å². The van der Waals surface area contributed by atoms with Crippen LogP contribution in [-0.4, -0.2) is 28.7 Å². The third kappa shape index (κ3) is 2.11. The number of aromatic amines is 2. The van der Waals surface area contributed by atoms with Crippen molar-refractivity contribution in [3.63, 3.8) is 0 Å². The number of hydrogen-bond donors (Lipinski definition) is 2. The van der Waals surface area contributed by atoms with Crippen LogP contribution in [0.1, 0.15) is 0 Å². The molecule has 4 aromatic rings.